The molecule has 16 heavy (non-hydrogen) atoms. The monoisotopic (exact) mass is 253 g/mol. The van der Waals surface area contributed by atoms with Gasteiger partial charge in [0, 0.05) is 11.3 Å². The maximum absolute atomic E-state index is 9.95. The summed E-state index contributed by atoms with van der Waals surface area (Å²) in [5, 5.41) is 15.1. The Morgan fingerprint density at radius 2 is 2.19 bits per heavy atom. The molecule has 0 saturated heterocycles. The van der Waals surface area contributed by atoms with E-state index in [2.05, 4.69) is 23.4 Å². The molecule has 1 N–H and O–H groups in total. The largest absolute Gasteiger partial charge is 0.392 e. The third-order valence-electron chi connectivity index (χ3n) is 2.53. The molecule has 1 atom stereocenters. The fraction of sp³-hybridized carbons (Fsp3) is 0.417. The lowest BCUT2D eigenvalue weighted by molar-refractivity contribution is 0.175. The van der Waals surface area contributed by atoms with Crippen LogP contribution >= 0.6 is 22.7 Å². The van der Waals surface area contributed by atoms with E-state index in [1.165, 1.54) is 10.4 Å². The van der Waals surface area contributed by atoms with Crippen molar-refractivity contribution in [3.05, 3.63) is 38.0 Å². The maximum atomic E-state index is 9.95. The summed E-state index contributed by atoms with van der Waals surface area (Å²) in [7, 11) is 0. The summed E-state index contributed by atoms with van der Waals surface area (Å²) in [4.78, 5) is 5.69. The van der Waals surface area contributed by atoms with Crippen molar-refractivity contribution in [2.75, 3.05) is 0 Å². The van der Waals surface area contributed by atoms with Gasteiger partial charge in [0.1, 0.15) is 0 Å². The average molecular weight is 253 g/mol. The highest BCUT2D eigenvalue weighted by Gasteiger charge is 2.11. The molecule has 2 heterocycles. The maximum Gasteiger partial charge on any atom is 0.0956 e. The van der Waals surface area contributed by atoms with Gasteiger partial charge >= 0.3 is 0 Å². The minimum Gasteiger partial charge on any atom is -0.392 e. The first kappa shape index (κ1) is 11.8. The van der Waals surface area contributed by atoms with E-state index in [0.29, 0.717) is 6.42 Å². The minimum atomic E-state index is -0.320. The molecule has 0 saturated carbocycles. The molecule has 2 aromatic heterocycles. The van der Waals surface area contributed by atoms with Crippen LogP contribution in [0.3, 0.4) is 0 Å². The first-order valence-electron chi connectivity index (χ1n) is 5.27. The molecule has 0 radical (unpaired) electrons. The smallest absolute Gasteiger partial charge is 0.0956 e. The molecule has 0 aliphatic rings. The van der Waals surface area contributed by atoms with Crippen LogP contribution < -0.4 is 0 Å². The second-order valence-corrected chi connectivity index (χ2v) is 6.01. The average Bonchev–Trinajstić information content (AvgIpc) is 2.78. The molecule has 0 spiro atoms. The molecular weight excluding hydrogens is 238 g/mol. The van der Waals surface area contributed by atoms with Crippen molar-refractivity contribution in [3.63, 3.8) is 0 Å². The van der Waals surface area contributed by atoms with E-state index in [-0.39, 0.29) is 6.10 Å². The second kappa shape index (κ2) is 5.08. The summed E-state index contributed by atoms with van der Waals surface area (Å²) in [6.45, 7) is 4.09. The molecule has 2 rings (SSSR count). The fourth-order valence-corrected chi connectivity index (χ4v) is 3.27. The number of aliphatic hydroxyl groups is 1. The topological polar surface area (TPSA) is 33.1 Å². The van der Waals surface area contributed by atoms with Crippen molar-refractivity contribution in [1.82, 2.24) is 4.98 Å². The zero-order valence-corrected chi connectivity index (χ0v) is 11.1. The van der Waals surface area contributed by atoms with Gasteiger partial charge in [0.15, 0.2) is 0 Å². The van der Waals surface area contributed by atoms with E-state index in [0.717, 1.165) is 17.1 Å². The number of aromatic nitrogens is 1. The normalized spacial score (nSPS) is 12.9. The van der Waals surface area contributed by atoms with E-state index in [4.69, 9.17) is 0 Å². The predicted octanol–water partition coefficient (Wildman–Crippen LogP) is 2.97. The first-order chi connectivity index (χ1) is 7.65. The van der Waals surface area contributed by atoms with Gasteiger partial charge in [-0.3, -0.25) is 0 Å². The minimum absolute atomic E-state index is 0.320. The van der Waals surface area contributed by atoms with Gasteiger partial charge < -0.3 is 5.11 Å². The molecule has 1 unspecified atom stereocenters. The lowest BCUT2D eigenvalue weighted by Crippen LogP contribution is -2.13. The van der Waals surface area contributed by atoms with Gasteiger partial charge in [-0.25, -0.2) is 4.98 Å². The zero-order valence-electron chi connectivity index (χ0n) is 9.43. The number of aliphatic hydroxyl groups excluding tert-OH is 1. The van der Waals surface area contributed by atoms with E-state index < -0.39 is 0 Å². The van der Waals surface area contributed by atoms with Gasteiger partial charge in [-0.05, 0) is 42.7 Å². The number of aryl methyl sites for hydroxylation is 2. The van der Waals surface area contributed by atoms with Crippen molar-refractivity contribution in [2.45, 2.75) is 32.8 Å². The SMILES string of the molecule is Cc1nc(CC(O)Cc2ccsc2)sc1C. The second-order valence-electron chi connectivity index (χ2n) is 3.94. The van der Waals surface area contributed by atoms with Crippen LogP contribution in [0.5, 0.6) is 0 Å². The highest BCUT2D eigenvalue weighted by atomic mass is 32.1. The van der Waals surface area contributed by atoms with Crippen LogP contribution in [0.15, 0.2) is 16.8 Å². The number of hydrogen-bond donors (Lipinski definition) is 1. The van der Waals surface area contributed by atoms with Crippen LogP contribution in [0, 0.1) is 13.8 Å². The van der Waals surface area contributed by atoms with Gasteiger partial charge in [0.05, 0.1) is 16.8 Å². The fourth-order valence-electron chi connectivity index (χ4n) is 1.58. The summed E-state index contributed by atoms with van der Waals surface area (Å²) in [6.07, 6.45) is 1.07. The lowest BCUT2D eigenvalue weighted by Gasteiger charge is -2.06. The van der Waals surface area contributed by atoms with Crippen LogP contribution in [0.25, 0.3) is 0 Å². The van der Waals surface area contributed by atoms with Gasteiger partial charge in [-0.1, -0.05) is 0 Å². The molecular formula is C12H15NOS2. The first-order valence-corrected chi connectivity index (χ1v) is 7.03. The van der Waals surface area contributed by atoms with Crippen LogP contribution in [0.2, 0.25) is 0 Å². The van der Waals surface area contributed by atoms with E-state index >= 15 is 0 Å². The standard InChI is InChI=1S/C12H15NOS2/c1-8-9(2)16-12(13-8)6-11(14)5-10-3-4-15-7-10/h3-4,7,11,14H,5-6H2,1-2H3. The summed E-state index contributed by atoms with van der Waals surface area (Å²) < 4.78 is 0. The number of nitrogens with zero attached hydrogens (tertiary/aromatic N) is 1. The Balaban J connectivity index is 1.94. The molecule has 86 valence electrons. The molecule has 2 aromatic rings. The third-order valence-corrected chi connectivity index (χ3v) is 4.36. The predicted molar refractivity (Wildman–Crippen MR) is 69.3 cm³/mol. The Morgan fingerprint density at radius 1 is 1.38 bits per heavy atom. The van der Waals surface area contributed by atoms with Gasteiger partial charge in [-0.15, -0.1) is 11.3 Å². The van der Waals surface area contributed by atoms with Crippen molar-refractivity contribution in [3.8, 4) is 0 Å². The van der Waals surface area contributed by atoms with Crippen LogP contribution in [0.4, 0.5) is 0 Å². The Kier molecular flexibility index (Phi) is 3.74. The molecule has 0 aliphatic carbocycles. The number of thiophene rings is 1. The zero-order chi connectivity index (χ0) is 11.5. The summed E-state index contributed by atoms with van der Waals surface area (Å²) in [5.74, 6) is 0. The van der Waals surface area contributed by atoms with Crippen molar-refractivity contribution >= 4 is 22.7 Å². The number of thiazole rings is 1. The molecule has 0 aromatic carbocycles. The molecule has 0 bridgehead atoms. The lowest BCUT2D eigenvalue weighted by atomic mass is 10.1. The summed E-state index contributed by atoms with van der Waals surface area (Å²) in [5.41, 5.74) is 2.30. The van der Waals surface area contributed by atoms with Crippen LogP contribution in [-0.4, -0.2) is 16.2 Å². The highest BCUT2D eigenvalue weighted by molar-refractivity contribution is 7.11. The Labute approximate surface area is 104 Å². The quantitative estimate of drug-likeness (QED) is 0.908. The number of hydrogen-bond acceptors (Lipinski definition) is 4. The molecule has 0 aliphatic heterocycles. The Bertz CT molecular complexity index is 428. The Morgan fingerprint density at radius 3 is 2.75 bits per heavy atom. The van der Waals surface area contributed by atoms with Crippen molar-refractivity contribution in [1.29, 1.82) is 0 Å². The van der Waals surface area contributed by atoms with Crippen molar-refractivity contribution < 1.29 is 5.11 Å². The van der Waals surface area contributed by atoms with Gasteiger partial charge in [0.2, 0.25) is 0 Å². The summed E-state index contributed by atoms with van der Waals surface area (Å²) >= 11 is 3.36. The summed E-state index contributed by atoms with van der Waals surface area (Å²) in [6, 6.07) is 2.06. The number of rotatable bonds is 4. The van der Waals surface area contributed by atoms with E-state index in [9.17, 15) is 5.11 Å². The van der Waals surface area contributed by atoms with E-state index in [1.807, 2.05) is 12.3 Å². The van der Waals surface area contributed by atoms with Crippen molar-refractivity contribution in [2.24, 2.45) is 0 Å². The van der Waals surface area contributed by atoms with Crippen LogP contribution in [0.1, 0.15) is 21.1 Å². The van der Waals surface area contributed by atoms with Crippen LogP contribution in [-0.2, 0) is 12.8 Å². The van der Waals surface area contributed by atoms with E-state index in [1.54, 1.807) is 22.7 Å². The molecule has 2 nitrogen and oxygen atoms in total. The third kappa shape index (κ3) is 2.90. The van der Waals surface area contributed by atoms with Gasteiger partial charge in [-0.2, -0.15) is 11.3 Å². The van der Waals surface area contributed by atoms with Gasteiger partial charge in [0.25, 0.3) is 0 Å². The highest BCUT2D eigenvalue weighted by Crippen LogP contribution is 2.19. The Hall–Kier alpha value is -0.710. The molecule has 0 amide bonds. The molecule has 0 fully saturated rings. The molecule has 4 heteroatoms.